The zero-order valence-corrected chi connectivity index (χ0v) is 16.1. The van der Waals surface area contributed by atoms with Crippen molar-refractivity contribution in [3.8, 4) is 10.6 Å². The van der Waals surface area contributed by atoms with Crippen LogP contribution in [0.25, 0.3) is 21.5 Å². The standard InChI is InChI=1S/C20H25N3O2S/c1-3-23-17-9-5-4-8-15(17)16(19(23)18-10-6-13-26-18)14-22-20(24)21-11-7-12-25-2/h4-6,8-10,13H,3,7,11-12,14H2,1-2H3,(H2,21,22,24). The first-order valence-electron chi connectivity index (χ1n) is 8.90. The van der Waals surface area contributed by atoms with Gasteiger partial charge in [0.1, 0.15) is 0 Å². The fourth-order valence-electron chi connectivity index (χ4n) is 3.23. The Morgan fingerprint density at radius 2 is 2.04 bits per heavy atom. The molecule has 0 atom stereocenters. The SMILES string of the molecule is CCn1c(-c2cccs2)c(CNC(=O)NCCCOC)c2ccccc21. The van der Waals surface area contributed by atoms with E-state index < -0.39 is 0 Å². The highest BCUT2D eigenvalue weighted by molar-refractivity contribution is 7.13. The molecule has 2 heterocycles. The number of aromatic nitrogens is 1. The number of urea groups is 1. The van der Waals surface area contributed by atoms with E-state index in [-0.39, 0.29) is 6.03 Å². The van der Waals surface area contributed by atoms with E-state index in [1.165, 1.54) is 21.5 Å². The summed E-state index contributed by atoms with van der Waals surface area (Å²) in [5, 5.41) is 9.17. The van der Waals surface area contributed by atoms with E-state index in [9.17, 15) is 4.79 Å². The van der Waals surface area contributed by atoms with Crippen molar-refractivity contribution in [1.82, 2.24) is 15.2 Å². The first kappa shape index (κ1) is 18.5. The molecule has 2 N–H and O–H groups in total. The molecule has 0 saturated carbocycles. The topological polar surface area (TPSA) is 55.3 Å². The molecule has 6 heteroatoms. The molecule has 0 fully saturated rings. The van der Waals surface area contributed by atoms with Gasteiger partial charge in [-0.1, -0.05) is 24.3 Å². The van der Waals surface area contributed by atoms with Gasteiger partial charge in [-0.2, -0.15) is 0 Å². The van der Waals surface area contributed by atoms with Crippen molar-refractivity contribution in [3.05, 3.63) is 47.3 Å². The maximum Gasteiger partial charge on any atom is 0.315 e. The van der Waals surface area contributed by atoms with Crippen molar-refractivity contribution in [3.63, 3.8) is 0 Å². The molecule has 2 aromatic heterocycles. The zero-order chi connectivity index (χ0) is 18.4. The van der Waals surface area contributed by atoms with E-state index in [0.717, 1.165) is 18.5 Å². The molecule has 0 unspecified atom stereocenters. The Labute approximate surface area is 158 Å². The molecular weight excluding hydrogens is 346 g/mol. The normalized spacial score (nSPS) is 11.0. The first-order chi connectivity index (χ1) is 12.8. The molecule has 0 bridgehead atoms. The Bertz CT molecular complexity index is 855. The fraction of sp³-hybridized carbons (Fsp3) is 0.350. The quantitative estimate of drug-likeness (QED) is 0.582. The van der Waals surface area contributed by atoms with Crippen LogP contribution in [0.4, 0.5) is 4.79 Å². The summed E-state index contributed by atoms with van der Waals surface area (Å²) in [6.45, 7) is 4.79. The molecule has 0 saturated heterocycles. The van der Waals surface area contributed by atoms with Crippen LogP contribution in [0.5, 0.6) is 0 Å². The molecule has 0 spiro atoms. The summed E-state index contributed by atoms with van der Waals surface area (Å²) < 4.78 is 7.33. The van der Waals surface area contributed by atoms with E-state index in [0.29, 0.717) is 19.7 Å². The summed E-state index contributed by atoms with van der Waals surface area (Å²) >= 11 is 1.73. The molecule has 0 aliphatic heterocycles. The van der Waals surface area contributed by atoms with Crippen molar-refractivity contribution < 1.29 is 9.53 Å². The van der Waals surface area contributed by atoms with Gasteiger partial charge in [0.15, 0.2) is 0 Å². The molecule has 3 rings (SSSR count). The molecular formula is C20H25N3O2S. The second kappa shape index (κ2) is 8.87. The fourth-order valence-corrected chi connectivity index (χ4v) is 4.03. The molecule has 138 valence electrons. The molecule has 3 aromatic rings. The number of aryl methyl sites for hydroxylation is 1. The number of rotatable bonds is 8. The van der Waals surface area contributed by atoms with Crippen LogP contribution >= 0.6 is 11.3 Å². The van der Waals surface area contributed by atoms with Crippen LogP contribution in [0.2, 0.25) is 0 Å². The molecule has 1 aromatic carbocycles. The average Bonchev–Trinajstić information content (AvgIpc) is 3.29. The lowest BCUT2D eigenvalue weighted by atomic mass is 10.1. The second-order valence-electron chi connectivity index (χ2n) is 6.02. The number of methoxy groups -OCH3 is 1. The van der Waals surface area contributed by atoms with Gasteiger partial charge >= 0.3 is 6.03 Å². The maximum absolute atomic E-state index is 12.1. The van der Waals surface area contributed by atoms with E-state index in [4.69, 9.17) is 4.74 Å². The van der Waals surface area contributed by atoms with Gasteiger partial charge < -0.3 is 19.9 Å². The van der Waals surface area contributed by atoms with Crippen molar-refractivity contribution in [1.29, 1.82) is 0 Å². The van der Waals surface area contributed by atoms with Gasteiger partial charge in [-0.25, -0.2) is 4.79 Å². The molecule has 0 radical (unpaired) electrons. The lowest BCUT2D eigenvalue weighted by Gasteiger charge is -2.10. The summed E-state index contributed by atoms with van der Waals surface area (Å²) in [7, 11) is 1.66. The van der Waals surface area contributed by atoms with Crippen LogP contribution in [-0.2, 0) is 17.8 Å². The number of carbonyl (C=O) groups is 1. The molecule has 5 nitrogen and oxygen atoms in total. The second-order valence-corrected chi connectivity index (χ2v) is 6.97. The number of carbonyl (C=O) groups excluding carboxylic acids is 1. The number of amides is 2. The number of nitrogens with zero attached hydrogens (tertiary/aromatic N) is 1. The molecule has 2 amide bonds. The summed E-state index contributed by atoms with van der Waals surface area (Å²) in [6, 6.07) is 12.4. The van der Waals surface area contributed by atoms with Gasteiger partial charge in [-0.05, 0) is 30.9 Å². The monoisotopic (exact) mass is 371 g/mol. The molecule has 0 aliphatic carbocycles. The number of nitrogens with one attached hydrogen (secondary N) is 2. The third-order valence-corrected chi connectivity index (χ3v) is 5.26. The van der Waals surface area contributed by atoms with Crippen LogP contribution in [0.15, 0.2) is 41.8 Å². The highest BCUT2D eigenvalue weighted by atomic mass is 32.1. The summed E-state index contributed by atoms with van der Waals surface area (Å²) in [4.78, 5) is 13.3. The summed E-state index contributed by atoms with van der Waals surface area (Å²) in [5.74, 6) is 0. The minimum atomic E-state index is -0.147. The largest absolute Gasteiger partial charge is 0.385 e. The predicted octanol–water partition coefficient (Wildman–Crippen LogP) is 4.23. The Balaban J connectivity index is 1.85. The van der Waals surface area contributed by atoms with Gasteiger partial charge in [0.2, 0.25) is 0 Å². The predicted molar refractivity (Wildman–Crippen MR) is 108 cm³/mol. The average molecular weight is 372 g/mol. The number of fused-ring (bicyclic) bond motifs is 1. The minimum absolute atomic E-state index is 0.147. The van der Waals surface area contributed by atoms with Gasteiger partial charge in [-0.3, -0.25) is 0 Å². The number of para-hydroxylation sites is 1. The molecule has 26 heavy (non-hydrogen) atoms. The number of benzene rings is 1. The smallest absolute Gasteiger partial charge is 0.315 e. The highest BCUT2D eigenvalue weighted by Crippen LogP contribution is 2.36. The minimum Gasteiger partial charge on any atom is -0.385 e. The number of thiophene rings is 1. The van der Waals surface area contributed by atoms with Gasteiger partial charge in [0.05, 0.1) is 10.6 Å². The Morgan fingerprint density at radius 1 is 1.19 bits per heavy atom. The number of hydrogen-bond donors (Lipinski definition) is 2. The van der Waals surface area contributed by atoms with E-state index in [2.05, 4.69) is 63.9 Å². The summed E-state index contributed by atoms with van der Waals surface area (Å²) in [6.07, 6.45) is 0.805. The number of hydrogen-bond acceptors (Lipinski definition) is 3. The van der Waals surface area contributed by atoms with Gasteiger partial charge in [0, 0.05) is 49.8 Å². The van der Waals surface area contributed by atoms with Crippen molar-refractivity contribution in [2.75, 3.05) is 20.3 Å². The van der Waals surface area contributed by atoms with Gasteiger partial charge in [0.25, 0.3) is 0 Å². The Hall–Kier alpha value is -2.31. The third-order valence-electron chi connectivity index (χ3n) is 4.38. The van der Waals surface area contributed by atoms with E-state index in [1.54, 1.807) is 18.4 Å². The van der Waals surface area contributed by atoms with Crippen molar-refractivity contribution >= 4 is 28.3 Å². The third kappa shape index (κ3) is 3.92. The van der Waals surface area contributed by atoms with E-state index >= 15 is 0 Å². The lowest BCUT2D eigenvalue weighted by molar-refractivity contribution is 0.193. The maximum atomic E-state index is 12.1. The lowest BCUT2D eigenvalue weighted by Crippen LogP contribution is -2.35. The highest BCUT2D eigenvalue weighted by Gasteiger charge is 2.18. The number of ether oxygens (including phenoxy) is 1. The summed E-state index contributed by atoms with van der Waals surface area (Å²) in [5.41, 5.74) is 3.57. The Morgan fingerprint density at radius 3 is 2.77 bits per heavy atom. The zero-order valence-electron chi connectivity index (χ0n) is 15.2. The van der Waals surface area contributed by atoms with Crippen LogP contribution in [0, 0.1) is 0 Å². The Kier molecular flexibility index (Phi) is 6.30. The van der Waals surface area contributed by atoms with Crippen LogP contribution < -0.4 is 10.6 Å². The molecule has 0 aliphatic rings. The van der Waals surface area contributed by atoms with E-state index in [1.807, 2.05) is 0 Å². The van der Waals surface area contributed by atoms with Crippen LogP contribution in [0.1, 0.15) is 18.9 Å². The van der Waals surface area contributed by atoms with Crippen molar-refractivity contribution in [2.24, 2.45) is 0 Å². The first-order valence-corrected chi connectivity index (χ1v) is 9.78. The van der Waals surface area contributed by atoms with Crippen molar-refractivity contribution in [2.45, 2.75) is 26.4 Å². The van der Waals surface area contributed by atoms with Gasteiger partial charge in [-0.15, -0.1) is 11.3 Å². The van der Waals surface area contributed by atoms with Crippen LogP contribution in [0.3, 0.4) is 0 Å². The van der Waals surface area contributed by atoms with Crippen LogP contribution in [-0.4, -0.2) is 30.9 Å².